The van der Waals surface area contributed by atoms with Crippen LogP contribution in [0.15, 0.2) is 29.4 Å². The maximum absolute atomic E-state index is 12.3. The molecule has 164 valence electrons. The Balaban J connectivity index is 1.54. The van der Waals surface area contributed by atoms with E-state index in [0.29, 0.717) is 26.7 Å². The summed E-state index contributed by atoms with van der Waals surface area (Å²) in [6, 6.07) is 7.78. The van der Waals surface area contributed by atoms with Crippen molar-refractivity contribution in [3.05, 3.63) is 46.2 Å². The van der Waals surface area contributed by atoms with Crippen molar-refractivity contribution < 1.29 is 14.3 Å². The summed E-state index contributed by atoms with van der Waals surface area (Å²) >= 11 is 2.43. The number of ether oxygens (including phenoxy) is 1. The van der Waals surface area contributed by atoms with Crippen LogP contribution in [0.25, 0.3) is 0 Å². The normalized spacial score (nSPS) is 10.7. The van der Waals surface area contributed by atoms with Crippen LogP contribution < -0.4 is 10.1 Å². The zero-order valence-electron chi connectivity index (χ0n) is 18.0. The Bertz CT molecular complexity index is 1090. The third-order valence-corrected chi connectivity index (χ3v) is 6.34. The van der Waals surface area contributed by atoms with E-state index < -0.39 is 0 Å². The van der Waals surface area contributed by atoms with Gasteiger partial charge in [0.1, 0.15) is 17.2 Å². The van der Waals surface area contributed by atoms with Gasteiger partial charge in [-0.15, -0.1) is 10.2 Å². The van der Waals surface area contributed by atoms with Crippen molar-refractivity contribution in [1.82, 2.24) is 24.6 Å². The minimum atomic E-state index is -0.233. The largest absolute Gasteiger partial charge is 0.486 e. The minimum Gasteiger partial charge on any atom is -0.486 e. The van der Waals surface area contributed by atoms with Crippen LogP contribution in [0.4, 0.5) is 5.13 Å². The van der Waals surface area contributed by atoms with E-state index in [0.717, 1.165) is 11.3 Å². The molecule has 2 aromatic heterocycles. The molecule has 0 aliphatic carbocycles. The summed E-state index contributed by atoms with van der Waals surface area (Å²) < 4.78 is 7.57. The molecule has 0 fully saturated rings. The van der Waals surface area contributed by atoms with Crippen molar-refractivity contribution in [3.63, 3.8) is 0 Å². The number of carbonyl (C=O) groups excluding carboxylic acids is 2. The molecule has 3 rings (SSSR count). The Kier molecular flexibility index (Phi) is 7.29. The molecular weight excluding hydrogens is 436 g/mol. The van der Waals surface area contributed by atoms with Crippen LogP contribution in [0.1, 0.15) is 26.8 Å². The number of amides is 2. The lowest BCUT2D eigenvalue weighted by atomic mass is 10.2. The average Bonchev–Trinajstić information content (AvgIpc) is 3.26. The molecular formula is C20H24N6O3S2. The molecule has 2 amide bonds. The van der Waals surface area contributed by atoms with Gasteiger partial charge in [0.2, 0.25) is 5.91 Å². The summed E-state index contributed by atoms with van der Waals surface area (Å²) in [5.74, 6) is 1.20. The fourth-order valence-corrected chi connectivity index (χ4v) is 4.32. The van der Waals surface area contributed by atoms with E-state index >= 15 is 0 Å². The number of anilines is 1. The molecule has 1 N–H and O–H groups in total. The Hall–Kier alpha value is -2.92. The third kappa shape index (κ3) is 5.82. The van der Waals surface area contributed by atoms with Gasteiger partial charge < -0.3 is 19.5 Å². The number of carbonyl (C=O) groups is 2. The van der Waals surface area contributed by atoms with Crippen LogP contribution in [0.3, 0.4) is 0 Å². The van der Waals surface area contributed by atoms with Crippen LogP contribution in [0.5, 0.6) is 5.75 Å². The highest BCUT2D eigenvalue weighted by molar-refractivity contribution is 7.99. The number of aryl methyl sites for hydroxylation is 2. The van der Waals surface area contributed by atoms with Gasteiger partial charge in [0.15, 0.2) is 16.1 Å². The maximum Gasteiger partial charge on any atom is 0.265 e. The lowest BCUT2D eigenvalue weighted by Crippen LogP contribution is -2.21. The molecule has 0 aliphatic heterocycles. The smallest absolute Gasteiger partial charge is 0.265 e. The molecule has 11 heteroatoms. The molecule has 3 aromatic rings. The number of nitrogens with zero attached hydrogens (tertiary/aromatic N) is 5. The SMILES string of the molecule is Cc1cccc(OCc2nnc(SCC(=O)Nc3nc(C)c(C(=O)N(C)C)s3)n2C)c1. The van der Waals surface area contributed by atoms with Crippen LogP contribution in [-0.4, -0.2) is 56.3 Å². The molecule has 0 radical (unpaired) electrons. The van der Waals surface area contributed by atoms with Gasteiger partial charge in [0.25, 0.3) is 5.91 Å². The summed E-state index contributed by atoms with van der Waals surface area (Å²) in [7, 11) is 5.19. The molecule has 0 aliphatic rings. The van der Waals surface area contributed by atoms with Crippen LogP contribution in [0.2, 0.25) is 0 Å². The summed E-state index contributed by atoms with van der Waals surface area (Å²) in [6.45, 7) is 4.03. The van der Waals surface area contributed by atoms with Crippen LogP contribution in [0, 0.1) is 13.8 Å². The van der Waals surface area contributed by atoms with Gasteiger partial charge in [-0.2, -0.15) is 0 Å². The molecule has 9 nitrogen and oxygen atoms in total. The number of benzene rings is 1. The topological polar surface area (TPSA) is 102 Å². The van der Waals surface area contributed by atoms with Gasteiger partial charge in [-0.05, 0) is 31.5 Å². The summed E-state index contributed by atoms with van der Waals surface area (Å²) in [5, 5.41) is 12.0. The van der Waals surface area contributed by atoms with Gasteiger partial charge in [0, 0.05) is 21.1 Å². The Morgan fingerprint density at radius 1 is 1.26 bits per heavy atom. The first-order valence-corrected chi connectivity index (χ1v) is 11.2. The fourth-order valence-electron chi connectivity index (χ4n) is 2.59. The van der Waals surface area contributed by atoms with E-state index in [1.807, 2.05) is 38.2 Å². The first kappa shape index (κ1) is 22.8. The average molecular weight is 461 g/mol. The Morgan fingerprint density at radius 2 is 2.03 bits per heavy atom. The van der Waals surface area contributed by atoms with Gasteiger partial charge >= 0.3 is 0 Å². The number of rotatable bonds is 8. The Morgan fingerprint density at radius 3 is 2.74 bits per heavy atom. The van der Waals surface area contributed by atoms with Crippen molar-refractivity contribution in [3.8, 4) is 5.75 Å². The summed E-state index contributed by atoms with van der Waals surface area (Å²) in [4.78, 5) is 30.7. The number of thioether (sulfide) groups is 1. The monoisotopic (exact) mass is 460 g/mol. The van der Waals surface area contributed by atoms with Gasteiger partial charge in [-0.3, -0.25) is 9.59 Å². The van der Waals surface area contributed by atoms with Gasteiger partial charge in [-0.1, -0.05) is 35.2 Å². The Labute approximate surface area is 188 Å². The molecule has 2 heterocycles. The van der Waals surface area contributed by atoms with Gasteiger partial charge in [-0.25, -0.2) is 4.98 Å². The van der Waals surface area contributed by atoms with E-state index in [9.17, 15) is 9.59 Å². The number of hydrogen-bond donors (Lipinski definition) is 1. The summed E-state index contributed by atoms with van der Waals surface area (Å²) in [5.41, 5.74) is 1.71. The zero-order chi connectivity index (χ0) is 22.5. The zero-order valence-corrected chi connectivity index (χ0v) is 19.6. The molecule has 0 saturated heterocycles. The van der Waals surface area contributed by atoms with Crippen molar-refractivity contribution in [1.29, 1.82) is 0 Å². The standard InChI is InChI=1S/C20H24N6O3S2/c1-12-7-6-8-14(9-12)29-10-15-23-24-20(26(15)5)30-11-16(27)22-19-21-13(2)17(31-19)18(28)25(3)4/h6-9H,10-11H2,1-5H3,(H,21,22,27). The third-order valence-electron chi connectivity index (χ3n) is 4.26. The quantitative estimate of drug-likeness (QED) is 0.516. The second-order valence-electron chi connectivity index (χ2n) is 7.03. The van der Waals surface area contributed by atoms with Crippen molar-refractivity contribution in [2.45, 2.75) is 25.6 Å². The summed E-state index contributed by atoms with van der Waals surface area (Å²) in [6.07, 6.45) is 0. The van der Waals surface area contributed by atoms with Gasteiger partial charge in [0.05, 0.1) is 11.4 Å². The van der Waals surface area contributed by atoms with Crippen LogP contribution >= 0.6 is 23.1 Å². The minimum absolute atomic E-state index is 0.135. The van der Waals surface area contributed by atoms with E-state index in [2.05, 4.69) is 20.5 Å². The number of aromatic nitrogens is 4. The lowest BCUT2D eigenvalue weighted by Gasteiger charge is -2.07. The molecule has 0 spiro atoms. The molecule has 0 atom stereocenters. The lowest BCUT2D eigenvalue weighted by molar-refractivity contribution is -0.113. The number of thiazole rings is 1. The van der Waals surface area contributed by atoms with E-state index in [4.69, 9.17) is 4.74 Å². The molecule has 31 heavy (non-hydrogen) atoms. The predicted octanol–water partition coefficient (Wildman–Crippen LogP) is 2.90. The maximum atomic E-state index is 12.3. The first-order valence-electron chi connectivity index (χ1n) is 9.44. The molecule has 1 aromatic carbocycles. The predicted molar refractivity (Wildman–Crippen MR) is 121 cm³/mol. The number of hydrogen-bond acceptors (Lipinski definition) is 8. The number of nitrogens with one attached hydrogen (secondary N) is 1. The van der Waals surface area contributed by atoms with Crippen molar-refractivity contribution in [2.75, 3.05) is 25.2 Å². The van der Waals surface area contributed by atoms with Crippen molar-refractivity contribution in [2.24, 2.45) is 7.05 Å². The second kappa shape index (κ2) is 9.92. The fraction of sp³-hybridized carbons (Fsp3) is 0.350. The molecule has 0 unspecified atom stereocenters. The second-order valence-corrected chi connectivity index (χ2v) is 8.97. The van der Waals surface area contributed by atoms with E-state index in [1.165, 1.54) is 28.0 Å². The highest BCUT2D eigenvalue weighted by atomic mass is 32.2. The van der Waals surface area contributed by atoms with E-state index in [-0.39, 0.29) is 24.2 Å². The van der Waals surface area contributed by atoms with Crippen LogP contribution in [-0.2, 0) is 18.4 Å². The first-order chi connectivity index (χ1) is 14.7. The highest BCUT2D eigenvalue weighted by Crippen LogP contribution is 2.24. The molecule has 0 saturated carbocycles. The molecule has 0 bridgehead atoms. The van der Waals surface area contributed by atoms with E-state index in [1.54, 1.807) is 25.6 Å². The van der Waals surface area contributed by atoms with Crippen molar-refractivity contribution >= 4 is 40.0 Å². The highest BCUT2D eigenvalue weighted by Gasteiger charge is 2.18.